The molecule has 2 aromatic carbocycles. The maximum absolute atomic E-state index is 12.9. The summed E-state index contributed by atoms with van der Waals surface area (Å²) in [6, 6.07) is 14.2. The van der Waals surface area contributed by atoms with Crippen LogP contribution < -0.4 is 5.32 Å². The molecule has 9 heteroatoms. The molecule has 1 aliphatic heterocycles. The van der Waals surface area contributed by atoms with Crippen molar-refractivity contribution in [2.24, 2.45) is 0 Å². The van der Waals surface area contributed by atoms with E-state index in [-0.39, 0.29) is 23.5 Å². The second-order valence-electron chi connectivity index (χ2n) is 7.50. The van der Waals surface area contributed by atoms with E-state index in [4.69, 9.17) is 11.6 Å². The van der Waals surface area contributed by atoms with E-state index in [1.54, 1.807) is 29.3 Å². The number of phenols is 1. The predicted molar refractivity (Wildman–Crippen MR) is 126 cm³/mol. The Morgan fingerprint density at radius 1 is 1.22 bits per heavy atom. The van der Waals surface area contributed by atoms with Crippen molar-refractivity contribution in [3.8, 4) is 5.75 Å². The van der Waals surface area contributed by atoms with Gasteiger partial charge in [-0.1, -0.05) is 23.7 Å². The smallest absolute Gasteiger partial charge is 0.305 e. The Labute approximate surface area is 194 Å². The molecular formula is C23H22ClN3O4S. The van der Waals surface area contributed by atoms with Gasteiger partial charge in [-0.25, -0.2) is 0 Å². The number of carbonyl (C=O) groups is 2. The summed E-state index contributed by atoms with van der Waals surface area (Å²) < 4.78 is 0. The van der Waals surface area contributed by atoms with Gasteiger partial charge in [-0.15, -0.1) is 11.8 Å². The van der Waals surface area contributed by atoms with Crippen molar-refractivity contribution in [2.45, 2.75) is 23.5 Å². The van der Waals surface area contributed by atoms with Crippen LogP contribution in [-0.4, -0.2) is 50.3 Å². The molecule has 32 heavy (non-hydrogen) atoms. The van der Waals surface area contributed by atoms with Crippen LogP contribution in [0.2, 0.25) is 5.02 Å². The van der Waals surface area contributed by atoms with Crippen molar-refractivity contribution >= 4 is 51.8 Å². The maximum atomic E-state index is 12.9. The fraction of sp³-hybridized carbons (Fsp3) is 0.261. The number of carboxylic acids is 1. The number of hydrogen-bond acceptors (Lipinski definition) is 6. The summed E-state index contributed by atoms with van der Waals surface area (Å²) in [6.07, 6.45) is 2.16. The van der Waals surface area contributed by atoms with E-state index in [1.165, 1.54) is 11.8 Å². The van der Waals surface area contributed by atoms with E-state index in [2.05, 4.69) is 10.3 Å². The number of hydrogen-bond donors (Lipinski definition) is 3. The third kappa shape index (κ3) is 4.92. The van der Waals surface area contributed by atoms with Crippen molar-refractivity contribution in [3.63, 3.8) is 0 Å². The van der Waals surface area contributed by atoms with Crippen LogP contribution in [0.1, 0.15) is 23.8 Å². The Hall–Kier alpha value is -2.97. The molecule has 2 heterocycles. The number of halogens is 1. The standard InChI is InChI=1S/C23H22ClN3O4S/c24-15-5-6-17-18(7-9-26-19(17)12-15)25-8-2-10-27-22(31)20(13-21(29)30)32-23(27)14-3-1-4-16(28)11-14/h1,3-7,9,11-12,20,23,28H,2,8,10,13H2,(H,25,26)(H,29,30). The number of benzene rings is 2. The number of aromatic nitrogens is 1. The first-order valence-corrected chi connectivity index (χ1v) is 11.5. The Balaban J connectivity index is 1.44. The van der Waals surface area contributed by atoms with E-state index in [0.29, 0.717) is 24.5 Å². The normalized spacial score (nSPS) is 18.3. The number of phenolic OH excluding ortho intramolecular Hbond substituents is 1. The second-order valence-corrected chi connectivity index (χ2v) is 9.23. The number of pyridine rings is 1. The average Bonchev–Trinajstić information content (AvgIpc) is 3.06. The Morgan fingerprint density at radius 3 is 2.84 bits per heavy atom. The molecule has 1 saturated heterocycles. The zero-order chi connectivity index (χ0) is 22.7. The topological polar surface area (TPSA) is 103 Å². The largest absolute Gasteiger partial charge is 0.508 e. The molecule has 2 atom stereocenters. The monoisotopic (exact) mass is 471 g/mol. The highest BCUT2D eigenvalue weighted by atomic mass is 35.5. The molecular weight excluding hydrogens is 450 g/mol. The number of amides is 1. The van der Waals surface area contributed by atoms with E-state index in [1.807, 2.05) is 30.3 Å². The van der Waals surface area contributed by atoms with Gasteiger partial charge in [-0.2, -0.15) is 0 Å². The number of aliphatic carboxylic acids is 1. The van der Waals surface area contributed by atoms with Crippen LogP contribution in [0, 0.1) is 0 Å². The lowest BCUT2D eigenvalue weighted by atomic mass is 10.1. The van der Waals surface area contributed by atoms with Gasteiger partial charge < -0.3 is 20.4 Å². The molecule has 166 valence electrons. The fourth-order valence-corrected chi connectivity index (χ4v) is 5.42. The van der Waals surface area contributed by atoms with Gasteiger partial charge in [-0.05, 0) is 48.4 Å². The molecule has 1 aromatic heterocycles. The van der Waals surface area contributed by atoms with E-state index >= 15 is 0 Å². The van der Waals surface area contributed by atoms with Crippen LogP contribution in [0.4, 0.5) is 5.69 Å². The van der Waals surface area contributed by atoms with Crippen LogP contribution in [0.5, 0.6) is 5.75 Å². The maximum Gasteiger partial charge on any atom is 0.305 e. The molecule has 7 nitrogen and oxygen atoms in total. The van der Waals surface area contributed by atoms with Crippen molar-refractivity contribution in [1.29, 1.82) is 0 Å². The van der Waals surface area contributed by atoms with Crippen LogP contribution in [0.15, 0.2) is 54.7 Å². The third-order valence-electron chi connectivity index (χ3n) is 5.25. The molecule has 2 unspecified atom stereocenters. The minimum atomic E-state index is -1.00. The summed E-state index contributed by atoms with van der Waals surface area (Å²) in [4.78, 5) is 30.2. The SMILES string of the molecule is O=C(O)CC1SC(c2cccc(O)c2)N(CCCNc2ccnc3cc(Cl)ccc23)C1=O. The molecule has 1 aliphatic rings. The van der Waals surface area contributed by atoms with Crippen molar-refractivity contribution in [3.05, 3.63) is 65.3 Å². The Kier molecular flexibility index (Phi) is 6.72. The first-order chi connectivity index (χ1) is 15.4. The van der Waals surface area contributed by atoms with Crippen LogP contribution >= 0.6 is 23.4 Å². The number of carbonyl (C=O) groups excluding carboxylic acids is 1. The van der Waals surface area contributed by atoms with Crippen LogP contribution in [-0.2, 0) is 9.59 Å². The number of rotatable bonds is 8. The number of fused-ring (bicyclic) bond motifs is 1. The minimum Gasteiger partial charge on any atom is -0.508 e. The molecule has 0 bridgehead atoms. The van der Waals surface area contributed by atoms with E-state index in [0.717, 1.165) is 22.2 Å². The highest BCUT2D eigenvalue weighted by Gasteiger charge is 2.41. The number of anilines is 1. The number of thioether (sulfide) groups is 1. The highest BCUT2D eigenvalue weighted by Crippen LogP contribution is 2.44. The van der Waals surface area contributed by atoms with Gasteiger partial charge in [-0.3, -0.25) is 14.6 Å². The van der Waals surface area contributed by atoms with E-state index < -0.39 is 11.2 Å². The lowest BCUT2D eigenvalue weighted by molar-refractivity contribution is -0.140. The molecule has 0 saturated carbocycles. The van der Waals surface area contributed by atoms with Gasteiger partial charge in [0.25, 0.3) is 0 Å². The van der Waals surface area contributed by atoms with Crippen LogP contribution in [0.3, 0.4) is 0 Å². The predicted octanol–water partition coefficient (Wildman–Crippen LogP) is 4.51. The van der Waals surface area contributed by atoms with Gasteiger partial charge >= 0.3 is 5.97 Å². The van der Waals surface area contributed by atoms with Crippen LogP contribution in [0.25, 0.3) is 10.9 Å². The lowest BCUT2D eigenvalue weighted by Gasteiger charge is -2.24. The molecule has 0 radical (unpaired) electrons. The van der Waals surface area contributed by atoms with Gasteiger partial charge in [0.15, 0.2) is 0 Å². The van der Waals surface area contributed by atoms with E-state index in [9.17, 15) is 19.8 Å². The third-order valence-corrected chi connectivity index (χ3v) is 6.96. The summed E-state index contributed by atoms with van der Waals surface area (Å²) in [5.41, 5.74) is 2.51. The van der Waals surface area contributed by atoms with Gasteiger partial charge in [0.05, 0.1) is 17.2 Å². The van der Waals surface area contributed by atoms with Crippen molar-refractivity contribution < 1.29 is 19.8 Å². The number of nitrogens with one attached hydrogen (secondary N) is 1. The highest BCUT2D eigenvalue weighted by molar-refractivity contribution is 8.01. The summed E-state index contributed by atoms with van der Waals surface area (Å²) in [7, 11) is 0. The molecule has 4 rings (SSSR count). The first-order valence-electron chi connectivity index (χ1n) is 10.2. The summed E-state index contributed by atoms with van der Waals surface area (Å²) in [6.45, 7) is 1.08. The first kappa shape index (κ1) is 22.2. The Bertz CT molecular complexity index is 1160. The molecule has 1 fully saturated rings. The second kappa shape index (κ2) is 9.67. The molecule has 1 amide bonds. The molecule has 0 aliphatic carbocycles. The fourth-order valence-electron chi connectivity index (χ4n) is 3.79. The number of carboxylic acid groups (broad SMARTS) is 1. The zero-order valence-corrected chi connectivity index (χ0v) is 18.6. The number of nitrogens with zero attached hydrogens (tertiary/aromatic N) is 2. The quantitative estimate of drug-likeness (QED) is 0.415. The van der Waals surface area contributed by atoms with Gasteiger partial charge in [0.1, 0.15) is 11.1 Å². The zero-order valence-electron chi connectivity index (χ0n) is 17.1. The van der Waals surface area contributed by atoms with Crippen molar-refractivity contribution in [2.75, 3.05) is 18.4 Å². The summed E-state index contributed by atoms with van der Waals surface area (Å²) in [5.74, 6) is -1.07. The average molecular weight is 472 g/mol. The lowest BCUT2D eigenvalue weighted by Crippen LogP contribution is -2.33. The Morgan fingerprint density at radius 2 is 2.06 bits per heavy atom. The van der Waals surface area contributed by atoms with Gasteiger partial charge in [0.2, 0.25) is 5.91 Å². The van der Waals surface area contributed by atoms with Gasteiger partial charge in [0, 0.05) is 35.4 Å². The molecule has 3 N–H and O–H groups in total. The molecule has 0 spiro atoms. The summed E-state index contributed by atoms with van der Waals surface area (Å²) >= 11 is 7.37. The summed E-state index contributed by atoms with van der Waals surface area (Å²) in [5, 5.41) is 23.0. The van der Waals surface area contributed by atoms with Crippen molar-refractivity contribution in [1.82, 2.24) is 9.88 Å². The minimum absolute atomic E-state index is 0.114. The molecule has 3 aromatic rings. The number of aromatic hydroxyl groups is 1.